The molecule has 39 heavy (non-hydrogen) atoms. The van der Waals surface area contributed by atoms with Crippen LogP contribution >= 0.6 is 21.5 Å². The van der Waals surface area contributed by atoms with Crippen LogP contribution in [0, 0.1) is 10.8 Å². The molecule has 2 aliphatic rings. The van der Waals surface area contributed by atoms with Gasteiger partial charge in [0.1, 0.15) is 0 Å². The number of carbonyl (C=O) groups is 4. The maximum absolute atomic E-state index is 13.1. The van der Waals surface area contributed by atoms with Crippen molar-refractivity contribution in [3.63, 3.8) is 0 Å². The number of ketones is 2. The molecule has 2 heterocycles. The van der Waals surface area contributed by atoms with Gasteiger partial charge in [-0.1, -0.05) is 12.8 Å². The third-order valence-electron chi connectivity index (χ3n) is 7.41. The first kappa shape index (κ1) is 33.3. The normalized spacial score (nSPS) is 20.7. The van der Waals surface area contributed by atoms with Gasteiger partial charge in [0.25, 0.3) is 0 Å². The predicted octanol–water partition coefficient (Wildman–Crippen LogP) is 6.36. The highest BCUT2D eigenvalue weighted by molar-refractivity contribution is 8.14. The van der Waals surface area contributed by atoms with E-state index < -0.39 is 44.3 Å². The first-order valence-electron chi connectivity index (χ1n) is 13.6. The van der Waals surface area contributed by atoms with E-state index in [2.05, 4.69) is 0 Å². The summed E-state index contributed by atoms with van der Waals surface area (Å²) in [6.45, 7) is 6.71. The van der Waals surface area contributed by atoms with Crippen molar-refractivity contribution >= 4 is 54.8 Å². The van der Waals surface area contributed by atoms with Gasteiger partial charge in [-0.15, -0.1) is 0 Å². The molecule has 0 aliphatic carbocycles. The van der Waals surface area contributed by atoms with Crippen molar-refractivity contribution in [2.45, 2.75) is 111 Å². The lowest BCUT2D eigenvalue weighted by Crippen LogP contribution is -2.23. The fourth-order valence-electron chi connectivity index (χ4n) is 4.58. The van der Waals surface area contributed by atoms with Crippen LogP contribution in [-0.4, -0.2) is 52.6 Å². The highest BCUT2D eigenvalue weighted by Gasteiger charge is 2.27. The Morgan fingerprint density at radius 3 is 1.46 bits per heavy atom. The lowest BCUT2D eigenvalue weighted by atomic mass is 9.87. The number of carboxylic acids is 2. The van der Waals surface area contributed by atoms with Gasteiger partial charge in [0.05, 0.1) is 10.8 Å². The van der Waals surface area contributed by atoms with Crippen LogP contribution in [0.25, 0.3) is 0 Å². The van der Waals surface area contributed by atoms with Crippen molar-refractivity contribution in [3.8, 4) is 0 Å². The number of hydrogen-bond donors (Lipinski definition) is 2. The van der Waals surface area contributed by atoms with Crippen molar-refractivity contribution in [2.24, 2.45) is 10.8 Å². The van der Waals surface area contributed by atoms with Crippen molar-refractivity contribution in [3.05, 3.63) is 22.0 Å². The Morgan fingerprint density at radius 1 is 0.692 bits per heavy atom. The van der Waals surface area contributed by atoms with Gasteiger partial charge in [0.2, 0.25) is 0 Å². The largest absolute Gasteiger partial charge is 0.799 e. The molecule has 0 saturated carbocycles. The molecule has 2 aliphatic heterocycles. The third kappa shape index (κ3) is 10.2. The Bertz CT molecular complexity index is 1070. The predicted molar refractivity (Wildman–Crippen MR) is 156 cm³/mol. The highest BCUT2D eigenvalue weighted by Crippen LogP contribution is 2.37. The van der Waals surface area contributed by atoms with Crippen LogP contribution in [0.1, 0.15) is 111 Å². The molecule has 0 amide bonds. The maximum atomic E-state index is 13.1. The molecule has 2 N–H and O–H groups in total. The Labute approximate surface area is 236 Å². The molecule has 0 radical (unpaired) electrons. The van der Waals surface area contributed by atoms with Crippen LogP contribution in [0.5, 0.6) is 0 Å². The molecule has 0 bridgehead atoms. The third-order valence-corrected chi connectivity index (χ3v) is 10.7. The van der Waals surface area contributed by atoms with Crippen molar-refractivity contribution < 1.29 is 38.5 Å². The molecule has 0 spiro atoms. The monoisotopic (exact) mass is 582 g/mol. The zero-order valence-corrected chi connectivity index (χ0v) is 25.1. The van der Waals surface area contributed by atoms with Crippen LogP contribution < -0.4 is 0 Å². The van der Waals surface area contributed by atoms with Gasteiger partial charge in [-0.25, -0.2) is 21.5 Å². The second-order valence-corrected chi connectivity index (χ2v) is 15.0. The zero-order chi connectivity index (χ0) is 29.4. The summed E-state index contributed by atoms with van der Waals surface area (Å²) in [5, 5.41) is 18.5. The minimum absolute atomic E-state index is 0.0918. The highest BCUT2D eigenvalue weighted by atomic mass is 32.2. The van der Waals surface area contributed by atoms with E-state index in [1.54, 1.807) is 27.7 Å². The summed E-state index contributed by atoms with van der Waals surface area (Å²) in [5.41, 5.74) is -1.64. The first-order chi connectivity index (χ1) is 18.1. The van der Waals surface area contributed by atoms with E-state index in [-0.39, 0.29) is 24.4 Å². The Morgan fingerprint density at radius 2 is 1.05 bits per heavy atom. The molecular weight excluding hydrogens is 540 g/mol. The number of unbranched alkanes of at least 4 members (excludes halogenated alkanes) is 2. The van der Waals surface area contributed by atoms with Crippen molar-refractivity contribution in [1.29, 1.82) is 0 Å². The number of carboxylic acid groups (broad SMARTS) is 2. The SMILES string of the molecule is CC(C)(CCCCC1=CC(=O)CC(CCCC2=CC(=O)CC(CCCCC(C)(C)C(=O)O)=S2[O-])=S1[O-])C(=O)O. The van der Waals surface area contributed by atoms with E-state index in [1.165, 1.54) is 12.2 Å². The molecular formula is C29H42O8S2-2. The minimum atomic E-state index is -1.38. The minimum Gasteiger partial charge on any atom is -0.799 e. The Balaban J connectivity index is 1.91. The number of aliphatic carboxylic acids is 2. The fourth-order valence-corrected chi connectivity index (χ4v) is 7.66. The van der Waals surface area contributed by atoms with Gasteiger partial charge in [-0.2, -0.15) is 0 Å². The number of hydrogen-bond acceptors (Lipinski definition) is 6. The van der Waals surface area contributed by atoms with Gasteiger partial charge in [0.15, 0.2) is 11.6 Å². The van der Waals surface area contributed by atoms with Crippen LogP contribution in [0.4, 0.5) is 0 Å². The molecule has 0 aromatic carbocycles. The lowest BCUT2D eigenvalue weighted by Gasteiger charge is -2.29. The van der Waals surface area contributed by atoms with Crippen molar-refractivity contribution in [2.75, 3.05) is 0 Å². The lowest BCUT2D eigenvalue weighted by molar-refractivity contribution is -0.148. The molecule has 10 heteroatoms. The molecule has 8 nitrogen and oxygen atoms in total. The topological polar surface area (TPSA) is 155 Å². The zero-order valence-electron chi connectivity index (χ0n) is 23.5. The van der Waals surface area contributed by atoms with Crippen LogP contribution in [-0.2, 0) is 19.2 Å². The smallest absolute Gasteiger partial charge is 0.309 e. The number of carbonyl (C=O) groups excluding carboxylic acids is 2. The van der Waals surface area contributed by atoms with Crippen LogP contribution in [0.15, 0.2) is 22.0 Å². The molecule has 0 saturated heterocycles. The van der Waals surface area contributed by atoms with Crippen LogP contribution in [0.3, 0.4) is 0 Å². The van der Waals surface area contributed by atoms with Gasteiger partial charge < -0.3 is 19.3 Å². The second-order valence-electron chi connectivity index (χ2n) is 11.8. The quantitative estimate of drug-likeness (QED) is 0.157. The molecule has 0 fully saturated rings. The molecule has 220 valence electrons. The van der Waals surface area contributed by atoms with E-state index >= 15 is 0 Å². The Hall–Kier alpha value is -1.88. The molecule has 0 aromatic rings. The molecule has 2 unspecified atom stereocenters. The number of allylic oxidation sites excluding steroid dienone is 4. The van der Waals surface area contributed by atoms with E-state index in [1.807, 2.05) is 0 Å². The van der Waals surface area contributed by atoms with Gasteiger partial charge >= 0.3 is 11.9 Å². The fraction of sp³-hybridized carbons (Fsp3) is 0.655. The average Bonchev–Trinajstić information content (AvgIpc) is 2.84. The maximum Gasteiger partial charge on any atom is 0.309 e. The average molecular weight is 583 g/mol. The van der Waals surface area contributed by atoms with E-state index in [0.717, 1.165) is 0 Å². The summed E-state index contributed by atoms with van der Waals surface area (Å²) in [6, 6.07) is 0. The van der Waals surface area contributed by atoms with E-state index in [0.29, 0.717) is 90.2 Å². The first-order valence-corrected chi connectivity index (χ1v) is 15.9. The molecule has 0 aromatic heterocycles. The summed E-state index contributed by atoms with van der Waals surface area (Å²) < 4.78 is 26.1. The van der Waals surface area contributed by atoms with Crippen molar-refractivity contribution in [1.82, 2.24) is 0 Å². The Kier molecular flexibility index (Phi) is 12.5. The standard InChI is InChI=1S/C29H42O8S2/c1-28(2,26(32)33)14-7-5-10-22-16-20(30)18-24(38(22)36)12-9-13-25-19-21(31)17-23(39(25)37)11-6-8-15-29(3,4)27(34)35/h16,19H,5-15,17-18H2,1-4H3,(H2-2,32,33,34,35,36,37)/q-2. The second kappa shape index (κ2) is 14.7. The summed E-state index contributed by atoms with van der Waals surface area (Å²) in [5.74, 6) is -1.89. The van der Waals surface area contributed by atoms with E-state index in [9.17, 15) is 38.5 Å². The molecule has 2 rings (SSSR count). The van der Waals surface area contributed by atoms with Gasteiger partial charge in [0, 0.05) is 12.8 Å². The summed E-state index contributed by atoms with van der Waals surface area (Å²) in [6.07, 6.45) is 9.16. The summed E-state index contributed by atoms with van der Waals surface area (Å²) in [7, 11) is -2.76. The van der Waals surface area contributed by atoms with Crippen LogP contribution in [0.2, 0.25) is 0 Å². The van der Waals surface area contributed by atoms with E-state index in [4.69, 9.17) is 0 Å². The summed E-state index contributed by atoms with van der Waals surface area (Å²) in [4.78, 5) is 49.6. The van der Waals surface area contributed by atoms with Gasteiger partial charge in [-0.05, 0) is 117 Å². The number of rotatable bonds is 16. The molecule has 2 atom stereocenters. The summed E-state index contributed by atoms with van der Waals surface area (Å²) >= 11 is 0. The van der Waals surface area contributed by atoms with Gasteiger partial charge in [-0.3, -0.25) is 19.2 Å².